The van der Waals surface area contributed by atoms with Crippen molar-refractivity contribution in [2.45, 2.75) is 5.41 Å². The lowest BCUT2D eigenvalue weighted by Crippen LogP contribution is -2.28. The number of rotatable bonds is 6. The molecule has 11 rings (SSSR count). The molecule has 0 saturated heterocycles. The van der Waals surface area contributed by atoms with Crippen LogP contribution in [-0.2, 0) is 5.41 Å². The van der Waals surface area contributed by atoms with E-state index in [1.165, 1.54) is 33.4 Å². The van der Waals surface area contributed by atoms with Gasteiger partial charge in [0.25, 0.3) is 0 Å². The molecular formula is C53H35NO2. The van der Waals surface area contributed by atoms with Gasteiger partial charge in [-0.1, -0.05) is 164 Å². The van der Waals surface area contributed by atoms with Crippen molar-refractivity contribution in [1.29, 1.82) is 0 Å². The topological polar surface area (TPSA) is 21.7 Å². The molecule has 0 amide bonds. The number of hydrogen-bond acceptors (Lipinski definition) is 3. The van der Waals surface area contributed by atoms with Crippen LogP contribution in [0.1, 0.15) is 22.3 Å². The summed E-state index contributed by atoms with van der Waals surface area (Å²) in [7, 11) is 0. The van der Waals surface area contributed by atoms with Crippen molar-refractivity contribution in [1.82, 2.24) is 0 Å². The van der Waals surface area contributed by atoms with E-state index in [4.69, 9.17) is 9.47 Å². The number of fused-ring (bicyclic) bond motifs is 4. The van der Waals surface area contributed by atoms with Crippen LogP contribution in [0.2, 0.25) is 0 Å². The van der Waals surface area contributed by atoms with Crippen molar-refractivity contribution in [3.63, 3.8) is 0 Å². The zero-order valence-corrected chi connectivity index (χ0v) is 30.5. The Balaban J connectivity index is 1.17. The molecule has 0 atom stereocenters. The molecule has 3 heteroatoms. The Morgan fingerprint density at radius 1 is 0.357 bits per heavy atom. The first-order valence-electron chi connectivity index (χ1n) is 19.1. The Morgan fingerprint density at radius 2 is 0.911 bits per heavy atom. The van der Waals surface area contributed by atoms with E-state index < -0.39 is 5.41 Å². The van der Waals surface area contributed by atoms with E-state index in [1.807, 2.05) is 30.3 Å². The van der Waals surface area contributed by atoms with E-state index in [9.17, 15) is 0 Å². The van der Waals surface area contributed by atoms with E-state index in [0.29, 0.717) is 11.5 Å². The summed E-state index contributed by atoms with van der Waals surface area (Å²) in [5.41, 5.74) is 12.2. The molecule has 9 aromatic rings. The minimum Gasteiger partial charge on any atom is -0.453 e. The van der Waals surface area contributed by atoms with Crippen molar-refractivity contribution in [2.75, 3.05) is 4.90 Å². The largest absolute Gasteiger partial charge is 0.453 e. The second-order valence-electron chi connectivity index (χ2n) is 14.4. The number of benzene rings is 9. The predicted molar refractivity (Wildman–Crippen MR) is 228 cm³/mol. The number of nitrogens with zero attached hydrogens (tertiary/aromatic N) is 1. The Bertz CT molecular complexity index is 2880. The Morgan fingerprint density at radius 3 is 1.62 bits per heavy atom. The molecule has 0 aromatic heterocycles. The van der Waals surface area contributed by atoms with Crippen LogP contribution >= 0.6 is 0 Å². The molecule has 0 fully saturated rings. The Kier molecular flexibility index (Phi) is 7.39. The molecular weight excluding hydrogens is 683 g/mol. The fraction of sp³-hybridized carbons (Fsp3) is 0.0189. The lowest BCUT2D eigenvalue weighted by atomic mass is 9.67. The average molecular weight is 718 g/mol. The fourth-order valence-corrected chi connectivity index (χ4v) is 9.01. The van der Waals surface area contributed by atoms with Crippen LogP contribution in [0, 0.1) is 0 Å². The number of hydrogen-bond donors (Lipinski definition) is 0. The highest BCUT2D eigenvalue weighted by Gasteiger charge is 2.46. The molecule has 0 saturated carbocycles. The third kappa shape index (κ3) is 4.91. The van der Waals surface area contributed by atoms with Gasteiger partial charge in [-0.2, -0.15) is 0 Å². The summed E-state index contributed by atoms with van der Waals surface area (Å²) in [4.78, 5) is 2.37. The molecule has 0 spiro atoms. The predicted octanol–water partition coefficient (Wildman–Crippen LogP) is 14.2. The highest BCUT2D eigenvalue weighted by molar-refractivity contribution is 5.96. The van der Waals surface area contributed by atoms with Gasteiger partial charge in [0.1, 0.15) is 11.5 Å². The highest BCUT2D eigenvalue weighted by Crippen LogP contribution is 2.58. The summed E-state index contributed by atoms with van der Waals surface area (Å²) < 4.78 is 13.4. The molecule has 56 heavy (non-hydrogen) atoms. The monoisotopic (exact) mass is 717 g/mol. The third-order valence-electron chi connectivity index (χ3n) is 11.4. The number of ether oxygens (including phenoxy) is 2. The summed E-state index contributed by atoms with van der Waals surface area (Å²) in [6, 6.07) is 75.7. The zero-order chi connectivity index (χ0) is 37.1. The van der Waals surface area contributed by atoms with Crippen LogP contribution in [0.5, 0.6) is 23.0 Å². The fourth-order valence-electron chi connectivity index (χ4n) is 9.01. The normalized spacial score (nSPS) is 13.1. The second-order valence-corrected chi connectivity index (χ2v) is 14.4. The molecule has 0 radical (unpaired) electrons. The van der Waals surface area contributed by atoms with Gasteiger partial charge in [0, 0.05) is 17.3 Å². The first-order valence-corrected chi connectivity index (χ1v) is 19.1. The SMILES string of the molecule is c1ccc(-c2ccccc2N(c2ccc3c(c2)Oc2cccc4cccc(c24)O3)c2ccc3c(c2)C(c2ccccc2)(c2ccccc2)c2ccccc2-3)cc1. The smallest absolute Gasteiger partial charge is 0.172 e. The van der Waals surface area contributed by atoms with Gasteiger partial charge in [0.15, 0.2) is 11.5 Å². The molecule has 264 valence electrons. The van der Waals surface area contributed by atoms with Crippen molar-refractivity contribution < 1.29 is 9.47 Å². The van der Waals surface area contributed by atoms with Crippen LogP contribution in [0.15, 0.2) is 212 Å². The highest BCUT2D eigenvalue weighted by atomic mass is 16.5. The Labute approximate surface area is 326 Å². The summed E-state index contributed by atoms with van der Waals surface area (Å²) in [6.07, 6.45) is 0. The van der Waals surface area contributed by atoms with Crippen LogP contribution in [-0.4, -0.2) is 0 Å². The standard InChI is InChI=1S/C53H35NO2/c1-4-16-36(17-5-1)42-24-11-13-27-47(42)54(41-31-33-48-51(35-41)56-50-29-15-19-37-18-14-28-49(55-48)52(37)50)40-30-32-44-43-25-10-12-26-45(43)53(46(44)34-40,38-20-6-2-7-21-38)39-22-8-3-9-23-39/h1-35H. The van der Waals surface area contributed by atoms with Gasteiger partial charge in [-0.3, -0.25) is 0 Å². The number of anilines is 3. The third-order valence-corrected chi connectivity index (χ3v) is 11.4. The van der Waals surface area contributed by atoms with E-state index in [-0.39, 0.29) is 0 Å². The lowest BCUT2D eigenvalue weighted by molar-refractivity contribution is 0.439. The lowest BCUT2D eigenvalue weighted by Gasteiger charge is -2.35. The van der Waals surface area contributed by atoms with Gasteiger partial charge in [-0.05, 0) is 86.8 Å². The minimum absolute atomic E-state index is 0.537. The van der Waals surface area contributed by atoms with Crippen LogP contribution in [0.3, 0.4) is 0 Å². The second kappa shape index (κ2) is 12.9. The molecule has 3 nitrogen and oxygen atoms in total. The van der Waals surface area contributed by atoms with Gasteiger partial charge in [-0.25, -0.2) is 0 Å². The zero-order valence-electron chi connectivity index (χ0n) is 30.5. The maximum atomic E-state index is 6.77. The van der Waals surface area contributed by atoms with Gasteiger partial charge < -0.3 is 14.4 Å². The maximum Gasteiger partial charge on any atom is 0.172 e. The van der Waals surface area contributed by atoms with Crippen molar-refractivity contribution in [2.24, 2.45) is 0 Å². The van der Waals surface area contributed by atoms with Crippen LogP contribution < -0.4 is 14.4 Å². The van der Waals surface area contributed by atoms with Crippen molar-refractivity contribution in [3.8, 4) is 45.3 Å². The average Bonchev–Trinajstić information content (AvgIpc) is 3.45. The van der Waals surface area contributed by atoms with Crippen LogP contribution in [0.4, 0.5) is 17.1 Å². The van der Waals surface area contributed by atoms with E-state index in [2.05, 4.69) is 187 Å². The van der Waals surface area contributed by atoms with Gasteiger partial charge in [0.05, 0.1) is 22.2 Å². The summed E-state index contributed by atoms with van der Waals surface area (Å²) in [5.74, 6) is 2.89. The maximum absolute atomic E-state index is 6.77. The molecule has 2 aliphatic rings. The van der Waals surface area contributed by atoms with Crippen LogP contribution in [0.25, 0.3) is 33.0 Å². The first kappa shape index (κ1) is 32.1. The molecule has 1 aliphatic carbocycles. The molecule has 1 aliphatic heterocycles. The van der Waals surface area contributed by atoms with Gasteiger partial charge in [0.2, 0.25) is 0 Å². The van der Waals surface area contributed by atoms with Crippen molar-refractivity contribution >= 4 is 27.8 Å². The summed E-state index contributed by atoms with van der Waals surface area (Å²) in [5, 5.41) is 2.04. The van der Waals surface area contributed by atoms with Gasteiger partial charge in [-0.15, -0.1) is 0 Å². The van der Waals surface area contributed by atoms with E-state index in [1.54, 1.807) is 0 Å². The molecule has 1 heterocycles. The summed E-state index contributed by atoms with van der Waals surface area (Å²) >= 11 is 0. The van der Waals surface area contributed by atoms with E-state index in [0.717, 1.165) is 50.5 Å². The first-order chi connectivity index (χ1) is 27.8. The molecule has 9 aromatic carbocycles. The molecule has 0 bridgehead atoms. The summed E-state index contributed by atoms with van der Waals surface area (Å²) in [6.45, 7) is 0. The molecule has 0 unspecified atom stereocenters. The Hall–Kier alpha value is -7.36. The quantitative estimate of drug-likeness (QED) is 0.171. The van der Waals surface area contributed by atoms with Gasteiger partial charge >= 0.3 is 0 Å². The van der Waals surface area contributed by atoms with Crippen molar-refractivity contribution in [3.05, 3.63) is 235 Å². The minimum atomic E-state index is -0.537. The number of para-hydroxylation sites is 1. The molecule has 0 N–H and O–H groups in total. The van der Waals surface area contributed by atoms with E-state index >= 15 is 0 Å².